The zero-order valence-corrected chi connectivity index (χ0v) is 25.5. The van der Waals surface area contributed by atoms with Crippen molar-refractivity contribution in [1.82, 2.24) is 4.90 Å². The molecule has 1 N–H and O–H groups in total. The average molecular weight is 579 g/mol. The van der Waals surface area contributed by atoms with Gasteiger partial charge in [-0.25, -0.2) is 4.79 Å². The summed E-state index contributed by atoms with van der Waals surface area (Å²) in [6, 6.07) is 17.1. The molecule has 0 saturated heterocycles. The molecule has 1 aliphatic heterocycles. The highest BCUT2D eigenvalue weighted by atomic mass is 16.5. The Morgan fingerprint density at radius 2 is 1.74 bits per heavy atom. The Morgan fingerprint density at radius 3 is 2.44 bits per heavy atom. The highest BCUT2D eigenvalue weighted by Crippen LogP contribution is 2.38. The zero-order valence-electron chi connectivity index (χ0n) is 25.5. The third-order valence-electron chi connectivity index (χ3n) is 8.84. The molecule has 1 fully saturated rings. The van der Waals surface area contributed by atoms with Crippen LogP contribution in [0.4, 0.5) is 0 Å². The first-order valence-electron chi connectivity index (χ1n) is 15.6. The fourth-order valence-electron chi connectivity index (χ4n) is 6.39. The molecule has 43 heavy (non-hydrogen) atoms. The minimum absolute atomic E-state index is 0.106. The van der Waals surface area contributed by atoms with Crippen LogP contribution >= 0.6 is 0 Å². The van der Waals surface area contributed by atoms with Crippen LogP contribution in [-0.4, -0.2) is 40.0 Å². The van der Waals surface area contributed by atoms with E-state index in [4.69, 9.17) is 14.5 Å². The summed E-state index contributed by atoms with van der Waals surface area (Å²) in [4.78, 5) is 19.1. The van der Waals surface area contributed by atoms with Crippen LogP contribution < -0.4 is 4.74 Å². The lowest BCUT2D eigenvalue weighted by atomic mass is 9.87. The first-order valence-corrected chi connectivity index (χ1v) is 15.6. The first-order chi connectivity index (χ1) is 20.7. The summed E-state index contributed by atoms with van der Waals surface area (Å²) in [5.41, 5.74) is 5.17. The predicted molar refractivity (Wildman–Crippen MR) is 170 cm³/mol. The second kappa shape index (κ2) is 12.3. The number of benzene rings is 2. The Balaban J connectivity index is 1.12. The van der Waals surface area contributed by atoms with Crippen molar-refractivity contribution in [1.29, 1.82) is 0 Å². The summed E-state index contributed by atoms with van der Waals surface area (Å²) in [5.74, 6) is 1.70. The van der Waals surface area contributed by atoms with Crippen LogP contribution in [0.5, 0.6) is 5.75 Å². The van der Waals surface area contributed by atoms with Gasteiger partial charge in [0.1, 0.15) is 30.1 Å². The number of aliphatic imine (C=N–C) groups is 1. The van der Waals surface area contributed by atoms with Gasteiger partial charge in [0.05, 0.1) is 6.04 Å². The number of allylic oxidation sites excluding steroid dienone is 3. The van der Waals surface area contributed by atoms with Gasteiger partial charge in [-0.15, -0.1) is 0 Å². The number of carboxylic acid groups (broad SMARTS) is 1. The van der Waals surface area contributed by atoms with Gasteiger partial charge in [-0.1, -0.05) is 70.4 Å². The molecule has 3 aliphatic carbocycles. The quantitative estimate of drug-likeness (QED) is 0.345. The molecule has 0 spiro atoms. The minimum Gasteiger partial charge on any atom is -0.489 e. The van der Waals surface area contributed by atoms with Crippen LogP contribution in [0, 0.1) is 0 Å². The molecule has 0 radical (unpaired) electrons. The van der Waals surface area contributed by atoms with Crippen LogP contribution in [0.1, 0.15) is 82.4 Å². The normalized spacial score (nSPS) is 22.3. The number of fused-ring (bicyclic) bond motifs is 1. The SMILES string of the molecule is CC(C)(C)c1ccc(COC2=CC(Oc3ccc(C4=NC5CC(C(=O)O)=CC=C5N4C4CCCCC4)cc3)CC=C2)cc1. The molecule has 1 saturated carbocycles. The predicted octanol–water partition coefficient (Wildman–Crippen LogP) is 7.85. The van der Waals surface area contributed by atoms with Crippen LogP contribution in [0.2, 0.25) is 0 Å². The smallest absolute Gasteiger partial charge is 0.331 e. The van der Waals surface area contributed by atoms with Gasteiger partial charge in [0, 0.05) is 35.7 Å². The van der Waals surface area contributed by atoms with Gasteiger partial charge in [0.25, 0.3) is 0 Å². The van der Waals surface area contributed by atoms with E-state index >= 15 is 0 Å². The number of aliphatic carboxylic acids is 1. The Hall–Kier alpha value is -4.06. The molecule has 2 aromatic carbocycles. The monoisotopic (exact) mass is 578 g/mol. The Kier molecular flexibility index (Phi) is 8.29. The van der Waals surface area contributed by atoms with E-state index in [2.05, 4.69) is 68.1 Å². The minimum atomic E-state index is -0.861. The summed E-state index contributed by atoms with van der Waals surface area (Å²) in [7, 11) is 0. The van der Waals surface area contributed by atoms with Crippen molar-refractivity contribution < 1.29 is 19.4 Å². The molecule has 6 rings (SSSR count). The van der Waals surface area contributed by atoms with Crippen LogP contribution in [-0.2, 0) is 21.6 Å². The van der Waals surface area contributed by atoms with Crippen molar-refractivity contribution in [2.75, 3.05) is 0 Å². The second-order valence-corrected chi connectivity index (χ2v) is 13.0. The summed E-state index contributed by atoms with van der Waals surface area (Å²) < 4.78 is 12.5. The molecule has 1 heterocycles. The highest BCUT2D eigenvalue weighted by molar-refractivity contribution is 6.02. The van der Waals surface area contributed by atoms with E-state index < -0.39 is 5.97 Å². The highest BCUT2D eigenvalue weighted by Gasteiger charge is 2.38. The van der Waals surface area contributed by atoms with Gasteiger partial charge < -0.3 is 19.5 Å². The molecule has 6 nitrogen and oxygen atoms in total. The molecule has 2 unspecified atom stereocenters. The number of nitrogens with zero attached hydrogens (tertiary/aromatic N) is 2. The molecule has 0 bridgehead atoms. The van der Waals surface area contributed by atoms with E-state index in [9.17, 15) is 9.90 Å². The molecule has 224 valence electrons. The van der Waals surface area contributed by atoms with Crippen molar-refractivity contribution in [2.24, 2.45) is 4.99 Å². The molecular weight excluding hydrogens is 536 g/mol. The van der Waals surface area contributed by atoms with Gasteiger partial charge in [-0.2, -0.15) is 0 Å². The number of rotatable bonds is 8. The van der Waals surface area contributed by atoms with Gasteiger partial charge in [-0.3, -0.25) is 4.99 Å². The fourth-order valence-corrected chi connectivity index (χ4v) is 6.39. The van der Waals surface area contributed by atoms with Gasteiger partial charge in [0.15, 0.2) is 0 Å². The van der Waals surface area contributed by atoms with Crippen molar-refractivity contribution in [3.05, 3.63) is 113 Å². The third-order valence-corrected chi connectivity index (χ3v) is 8.84. The third kappa shape index (κ3) is 6.64. The second-order valence-electron chi connectivity index (χ2n) is 13.0. The fraction of sp³-hybridized carbons (Fsp3) is 0.405. The van der Waals surface area contributed by atoms with Gasteiger partial charge in [-0.05, 0) is 78.0 Å². The van der Waals surface area contributed by atoms with E-state index in [0.717, 1.165) is 53.4 Å². The van der Waals surface area contributed by atoms with E-state index in [-0.39, 0.29) is 17.6 Å². The Morgan fingerprint density at radius 1 is 1.00 bits per heavy atom. The number of hydrogen-bond acceptors (Lipinski definition) is 5. The topological polar surface area (TPSA) is 71.4 Å². The molecule has 4 aliphatic rings. The maximum Gasteiger partial charge on any atom is 0.331 e. The summed E-state index contributed by atoms with van der Waals surface area (Å²) in [6.07, 6.45) is 17.0. The van der Waals surface area contributed by atoms with Crippen molar-refractivity contribution >= 4 is 11.8 Å². The number of carbonyl (C=O) groups is 1. The maximum absolute atomic E-state index is 11.7. The molecular formula is C37H42N2O4. The van der Waals surface area contributed by atoms with Crippen molar-refractivity contribution in [3.63, 3.8) is 0 Å². The Labute approximate surface area is 255 Å². The maximum atomic E-state index is 11.7. The van der Waals surface area contributed by atoms with Crippen LogP contribution in [0.15, 0.2) is 101 Å². The lowest BCUT2D eigenvalue weighted by Crippen LogP contribution is -2.39. The summed E-state index contributed by atoms with van der Waals surface area (Å²) in [5, 5.41) is 9.56. The van der Waals surface area contributed by atoms with Crippen molar-refractivity contribution in [2.45, 2.75) is 95.9 Å². The first kappa shape index (κ1) is 29.0. The standard InChI is InChI=1S/C37H42N2O4/c1-37(2,3)28-17-12-25(13-18-28)24-42-31-10-7-11-32(23-31)43-30-19-14-26(15-20-30)35-38-33-22-27(36(40)41)16-21-34(33)39(35)29-8-5-4-6-9-29/h7,10,12-21,23,29,32-33H,4-6,8-9,11,22,24H2,1-3H3,(H,40,41). The molecule has 2 atom stereocenters. The summed E-state index contributed by atoms with van der Waals surface area (Å²) >= 11 is 0. The van der Waals surface area contributed by atoms with Gasteiger partial charge in [0.2, 0.25) is 0 Å². The lowest BCUT2D eigenvalue weighted by Gasteiger charge is -2.36. The van der Waals surface area contributed by atoms with Crippen LogP contribution in [0.3, 0.4) is 0 Å². The Bertz CT molecular complexity index is 1480. The van der Waals surface area contributed by atoms with E-state index in [1.165, 1.54) is 24.8 Å². The molecule has 2 aromatic rings. The largest absolute Gasteiger partial charge is 0.489 e. The van der Waals surface area contributed by atoms with E-state index in [0.29, 0.717) is 24.6 Å². The van der Waals surface area contributed by atoms with Crippen molar-refractivity contribution in [3.8, 4) is 5.75 Å². The summed E-state index contributed by atoms with van der Waals surface area (Å²) in [6.45, 7) is 7.18. The molecule has 6 heteroatoms. The van der Waals surface area contributed by atoms with Gasteiger partial charge >= 0.3 is 5.97 Å². The zero-order chi connectivity index (χ0) is 30.0. The lowest BCUT2D eigenvalue weighted by molar-refractivity contribution is -0.132. The molecule has 0 amide bonds. The number of ether oxygens (including phenoxy) is 2. The molecule has 0 aromatic heterocycles. The average Bonchev–Trinajstić information content (AvgIpc) is 3.40. The van der Waals surface area contributed by atoms with E-state index in [1.54, 1.807) is 6.08 Å². The van der Waals surface area contributed by atoms with Crippen LogP contribution in [0.25, 0.3) is 0 Å². The number of carboxylic acids is 1. The number of hydrogen-bond donors (Lipinski definition) is 1. The number of amidine groups is 1. The van der Waals surface area contributed by atoms with E-state index in [1.807, 2.05) is 30.4 Å².